The van der Waals surface area contributed by atoms with Gasteiger partial charge in [-0.15, -0.1) is 0 Å². The van der Waals surface area contributed by atoms with Crippen molar-refractivity contribution < 1.29 is 9.13 Å². The standard InChI is InChI=1S/C20H16FN3O2/c1-24-11-17(15-8-9-23-19(15)20(24)25)16-10-13(22)4-7-18(16)26-14-5-2-12(21)3-6-14/h2-11,23H,22H2,1H3. The summed E-state index contributed by atoms with van der Waals surface area (Å²) in [6.45, 7) is 0. The highest BCUT2D eigenvalue weighted by Crippen LogP contribution is 2.37. The van der Waals surface area contributed by atoms with Gasteiger partial charge in [-0.3, -0.25) is 4.79 Å². The molecule has 0 aliphatic heterocycles. The lowest BCUT2D eigenvalue weighted by Crippen LogP contribution is -2.16. The monoisotopic (exact) mass is 349 g/mol. The number of fused-ring (bicyclic) bond motifs is 1. The minimum Gasteiger partial charge on any atom is -0.457 e. The van der Waals surface area contributed by atoms with Crippen molar-refractivity contribution in [3.8, 4) is 22.6 Å². The summed E-state index contributed by atoms with van der Waals surface area (Å²) in [6.07, 6.45) is 3.48. The minimum atomic E-state index is -0.332. The lowest BCUT2D eigenvalue weighted by Gasteiger charge is -2.14. The van der Waals surface area contributed by atoms with Crippen molar-refractivity contribution in [2.75, 3.05) is 5.73 Å². The van der Waals surface area contributed by atoms with Crippen LogP contribution < -0.4 is 16.0 Å². The van der Waals surface area contributed by atoms with Crippen LogP contribution in [0.15, 0.2) is 65.7 Å². The number of nitrogens with two attached hydrogens (primary N) is 1. The van der Waals surface area contributed by atoms with Crippen molar-refractivity contribution in [2.45, 2.75) is 0 Å². The average Bonchev–Trinajstić information content (AvgIpc) is 3.12. The zero-order valence-corrected chi connectivity index (χ0v) is 14.0. The highest BCUT2D eigenvalue weighted by atomic mass is 19.1. The summed E-state index contributed by atoms with van der Waals surface area (Å²) in [6, 6.07) is 12.9. The second kappa shape index (κ2) is 6.07. The number of aryl methyl sites for hydroxylation is 1. The van der Waals surface area contributed by atoms with E-state index in [9.17, 15) is 9.18 Å². The Hall–Kier alpha value is -3.54. The number of H-pyrrole nitrogens is 1. The summed E-state index contributed by atoms with van der Waals surface area (Å²) in [5.41, 5.74) is 8.52. The second-order valence-corrected chi connectivity index (χ2v) is 6.04. The lowest BCUT2D eigenvalue weighted by atomic mass is 10.0. The molecular weight excluding hydrogens is 333 g/mol. The maximum absolute atomic E-state index is 13.1. The van der Waals surface area contributed by atoms with Crippen LogP contribution in [0.1, 0.15) is 0 Å². The van der Waals surface area contributed by atoms with Gasteiger partial charge in [0.2, 0.25) is 0 Å². The molecule has 0 aliphatic rings. The number of nitrogen functional groups attached to an aromatic ring is 1. The largest absolute Gasteiger partial charge is 0.457 e. The number of nitrogens with one attached hydrogen (secondary N) is 1. The number of hydrogen-bond acceptors (Lipinski definition) is 3. The van der Waals surface area contributed by atoms with Crippen molar-refractivity contribution in [2.24, 2.45) is 7.05 Å². The number of anilines is 1. The van der Waals surface area contributed by atoms with Crippen LogP contribution in [-0.2, 0) is 7.05 Å². The Bertz CT molecular complexity index is 1160. The molecule has 4 aromatic rings. The van der Waals surface area contributed by atoms with Crippen molar-refractivity contribution in [3.05, 3.63) is 77.1 Å². The number of pyridine rings is 1. The first-order chi connectivity index (χ1) is 12.5. The fraction of sp³-hybridized carbons (Fsp3) is 0.0500. The predicted octanol–water partition coefficient (Wildman–Crippen LogP) is 4.05. The number of rotatable bonds is 3. The molecule has 4 rings (SSSR count). The first-order valence-electron chi connectivity index (χ1n) is 8.03. The Balaban J connectivity index is 1.91. The molecule has 0 radical (unpaired) electrons. The summed E-state index contributed by atoms with van der Waals surface area (Å²) in [5.74, 6) is 0.737. The van der Waals surface area contributed by atoms with Crippen LogP contribution in [0.4, 0.5) is 10.1 Å². The van der Waals surface area contributed by atoms with Gasteiger partial charge < -0.3 is 20.0 Å². The molecule has 2 aromatic carbocycles. The van der Waals surface area contributed by atoms with Gasteiger partial charge in [-0.1, -0.05) is 0 Å². The topological polar surface area (TPSA) is 73.0 Å². The molecular formula is C20H16FN3O2. The Labute approximate surface area is 148 Å². The zero-order chi connectivity index (χ0) is 18.3. The first kappa shape index (κ1) is 16.0. The molecule has 2 aromatic heterocycles. The lowest BCUT2D eigenvalue weighted by molar-refractivity contribution is 0.482. The van der Waals surface area contributed by atoms with E-state index in [0.29, 0.717) is 22.7 Å². The highest BCUT2D eigenvalue weighted by Gasteiger charge is 2.15. The third kappa shape index (κ3) is 2.71. The van der Waals surface area contributed by atoms with Crippen LogP contribution in [0.3, 0.4) is 0 Å². The smallest absolute Gasteiger partial charge is 0.274 e. The number of ether oxygens (including phenoxy) is 1. The fourth-order valence-electron chi connectivity index (χ4n) is 2.96. The van der Waals surface area contributed by atoms with Gasteiger partial charge in [0.05, 0.1) is 0 Å². The summed E-state index contributed by atoms with van der Waals surface area (Å²) >= 11 is 0. The van der Waals surface area contributed by atoms with E-state index in [-0.39, 0.29) is 11.4 Å². The third-order valence-corrected chi connectivity index (χ3v) is 4.23. The number of halogens is 1. The van der Waals surface area contributed by atoms with Gasteiger partial charge in [-0.2, -0.15) is 0 Å². The molecule has 0 saturated heterocycles. The minimum absolute atomic E-state index is 0.112. The maximum Gasteiger partial charge on any atom is 0.274 e. The SMILES string of the molecule is Cn1cc(-c2cc(N)ccc2Oc2ccc(F)cc2)c2cc[nH]c2c1=O. The predicted molar refractivity (Wildman–Crippen MR) is 99.9 cm³/mol. The van der Waals surface area contributed by atoms with E-state index in [0.717, 1.165) is 16.5 Å². The number of aromatic nitrogens is 2. The van der Waals surface area contributed by atoms with Crippen molar-refractivity contribution in [1.82, 2.24) is 9.55 Å². The van der Waals surface area contributed by atoms with Gasteiger partial charge in [0.1, 0.15) is 22.8 Å². The van der Waals surface area contributed by atoms with E-state index < -0.39 is 0 Å². The van der Waals surface area contributed by atoms with Crippen LogP contribution in [-0.4, -0.2) is 9.55 Å². The molecule has 3 N–H and O–H groups in total. The first-order valence-corrected chi connectivity index (χ1v) is 8.03. The van der Waals surface area contributed by atoms with Gasteiger partial charge in [-0.05, 0) is 48.5 Å². The van der Waals surface area contributed by atoms with Crippen LogP contribution >= 0.6 is 0 Å². The molecule has 6 heteroatoms. The van der Waals surface area contributed by atoms with Crippen molar-refractivity contribution in [1.29, 1.82) is 0 Å². The van der Waals surface area contributed by atoms with Crippen LogP contribution in [0.2, 0.25) is 0 Å². The van der Waals surface area contributed by atoms with Crippen LogP contribution in [0.25, 0.3) is 22.0 Å². The summed E-state index contributed by atoms with van der Waals surface area (Å²) in [5, 5.41) is 0.780. The van der Waals surface area contributed by atoms with E-state index in [1.165, 1.54) is 16.7 Å². The van der Waals surface area contributed by atoms with Gasteiger partial charge in [0.25, 0.3) is 5.56 Å². The van der Waals surface area contributed by atoms with Gasteiger partial charge in [-0.25, -0.2) is 4.39 Å². The molecule has 2 heterocycles. The van der Waals surface area contributed by atoms with Gasteiger partial charge in [0, 0.05) is 41.6 Å². The van der Waals surface area contributed by atoms with Gasteiger partial charge >= 0.3 is 0 Å². The quantitative estimate of drug-likeness (QED) is 0.548. The van der Waals surface area contributed by atoms with Crippen molar-refractivity contribution in [3.63, 3.8) is 0 Å². The third-order valence-electron chi connectivity index (χ3n) is 4.23. The number of benzene rings is 2. The molecule has 0 spiro atoms. The Morgan fingerprint density at radius 3 is 2.62 bits per heavy atom. The number of nitrogens with zero attached hydrogens (tertiary/aromatic N) is 1. The van der Waals surface area contributed by atoms with E-state index in [2.05, 4.69) is 4.98 Å². The van der Waals surface area contributed by atoms with Gasteiger partial charge in [0.15, 0.2) is 0 Å². The fourth-order valence-corrected chi connectivity index (χ4v) is 2.96. The Morgan fingerprint density at radius 2 is 1.85 bits per heavy atom. The normalized spacial score (nSPS) is 11.0. The molecule has 26 heavy (non-hydrogen) atoms. The molecule has 130 valence electrons. The molecule has 0 aliphatic carbocycles. The zero-order valence-electron chi connectivity index (χ0n) is 14.0. The van der Waals surface area contributed by atoms with E-state index in [1.807, 2.05) is 6.07 Å². The van der Waals surface area contributed by atoms with Crippen LogP contribution in [0.5, 0.6) is 11.5 Å². The van der Waals surface area contributed by atoms with E-state index >= 15 is 0 Å². The highest BCUT2D eigenvalue weighted by molar-refractivity contribution is 5.96. The molecule has 0 bridgehead atoms. The second-order valence-electron chi connectivity index (χ2n) is 6.04. The number of hydrogen-bond donors (Lipinski definition) is 2. The van der Waals surface area contributed by atoms with Crippen molar-refractivity contribution >= 4 is 16.6 Å². The summed E-state index contributed by atoms with van der Waals surface area (Å²) < 4.78 is 20.6. The van der Waals surface area contributed by atoms with E-state index in [4.69, 9.17) is 10.5 Å². The van der Waals surface area contributed by atoms with E-state index in [1.54, 1.807) is 49.8 Å². The molecule has 0 amide bonds. The molecule has 5 nitrogen and oxygen atoms in total. The Kier molecular flexibility index (Phi) is 3.73. The number of aromatic amines is 1. The maximum atomic E-state index is 13.1. The summed E-state index contributed by atoms with van der Waals surface area (Å²) in [4.78, 5) is 15.3. The molecule has 0 unspecified atom stereocenters. The summed E-state index contributed by atoms with van der Waals surface area (Å²) in [7, 11) is 1.69. The molecule has 0 fully saturated rings. The Morgan fingerprint density at radius 1 is 1.08 bits per heavy atom. The average molecular weight is 349 g/mol. The molecule has 0 saturated carbocycles. The molecule has 0 atom stereocenters. The van der Waals surface area contributed by atoms with Crippen LogP contribution in [0, 0.1) is 5.82 Å².